The van der Waals surface area contributed by atoms with Crippen molar-refractivity contribution in [3.63, 3.8) is 0 Å². The standard InChI is InChI=1S/C23H22N2O2/c1-24(2)22-11-7-18(8-12-22)3-4-19-13-15-25(16-14-19)17-20-5-9-21(10-6-20)23(26)27/h3-16H,17H2,1-2H3/p+1. The van der Waals surface area contributed by atoms with Crippen LogP contribution < -0.4 is 9.47 Å². The van der Waals surface area contributed by atoms with Gasteiger partial charge in [-0.15, -0.1) is 0 Å². The number of aromatic carboxylic acids is 1. The van der Waals surface area contributed by atoms with Gasteiger partial charge in [0.1, 0.15) is 0 Å². The largest absolute Gasteiger partial charge is 0.478 e. The lowest BCUT2D eigenvalue weighted by Gasteiger charge is -2.11. The Morgan fingerprint density at radius 3 is 1.96 bits per heavy atom. The highest BCUT2D eigenvalue weighted by Gasteiger charge is 2.05. The molecule has 0 fully saturated rings. The molecule has 1 heterocycles. The Labute approximate surface area is 159 Å². The Kier molecular flexibility index (Phi) is 5.67. The molecule has 4 heteroatoms. The van der Waals surface area contributed by atoms with E-state index in [-0.39, 0.29) is 0 Å². The second-order valence-corrected chi connectivity index (χ2v) is 6.63. The van der Waals surface area contributed by atoms with E-state index < -0.39 is 5.97 Å². The maximum absolute atomic E-state index is 10.9. The Morgan fingerprint density at radius 2 is 1.44 bits per heavy atom. The van der Waals surface area contributed by atoms with Crippen molar-refractivity contribution in [1.82, 2.24) is 0 Å². The molecule has 0 spiro atoms. The van der Waals surface area contributed by atoms with Crippen molar-refractivity contribution in [3.8, 4) is 0 Å². The molecule has 0 saturated carbocycles. The number of nitrogens with zero attached hydrogens (tertiary/aromatic N) is 2. The number of carboxylic acids is 1. The van der Waals surface area contributed by atoms with Gasteiger partial charge in [0.2, 0.25) is 0 Å². The van der Waals surface area contributed by atoms with E-state index in [0.29, 0.717) is 12.1 Å². The van der Waals surface area contributed by atoms with Gasteiger partial charge in [0, 0.05) is 37.5 Å². The van der Waals surface area contributed by atoms with Crippen molar-refractivity contribution in [1.29, 1.82) is 0 Å². The number of carboxylic acid groups (broad SMARTS) is 1. The summed E-state index contributed by atoms with van der Waals surface area (Å²) in [7, 11) is 4.06. The molecule has 0 atom stereocenters. The Hall–Kier alpha value is -3.40. The van der Waals surface area contributed by atoms with E-state index >= 15 is 0 Å². The lowest BCUT2D eigenvalue weighted by Crippen LogP contribution is -2.33. The highest BCUT2D eigenvalue weighted by atomic mass is 16.4. The summed E-state index contributed by atoms with van der Waals surface area (Å²) in [5.41, 5.74) is 4.85. The molecule has 136 valence electrons. The van der Waals surface area contributed by atoms with Gasteiger partial charge in [0.15, 0.2) is 18.9 Å². The van der Waals surface area contributed by atoms with Gasteiger partial charge in [-0.25, -0.2) is 9.36 Å². The number of aromatic nitrogens is 1. The quantitative estimate of drug-likeness (QED) is 0.678. The van der Waals surface area contributed by atoms with Crippen LogP contribution in [0.25, 0.3) is 12.2 Å². The van der Waals surface area contributed by atoms with Crippen molar-refractivity contribution < 1.29 is 14.5 Å². The van der Waals surface area contributed by atoms with Crippen LogP contribution in [0.2, 0.25) is 0 Å². The van der Waals surface area contributed by atoms with Gasteiger partial charge in [-0.2, -0.15) is 0 Å². The third-order valence-corrected chi connectivity index (χ3v) is 4.36. The van der Waals surface area contributed by atoms with Crippen molar-refractivity contribution in [2.24, 2.45) is 0 Å². The molecule has 0 aliphatic rings. The average molecular weight is 359 g/mol. The summed E-state index contributed by atoms with van der Waals surface area (Å²) in [6.45, 7) is 0.704. The summed E-state index contributed by atoms with van der Waals surface area (Å²) in [5, 5.41) is 8.95. The summed E-state index contributed by atoms with van der Waals surface area (Å²) in [4.78, 5) is 13.0. The van der Waals surface area contributed by atoms with Crippen LogP contribution in [-0.4, -0.2) is 25.2 Å². The van der Waals surface area contributed by atoms with Gasteiger partial charge >= 0.3 is 5.97 Å². The molecule has 0 bridgehead atoms. The molecule has 0 aliphatic heterocycles. The third-order valence-electron chi connectivity index (χ3n) is 4.36. The van der Waals surface area contributed by atoms with Gasteiger partial charge in [-0.05, 0) is 35.4 Å². The minimum atomic E-state index is -0.901. The predicted octanol–water partition coefficient (Wildman–Crippen LogP) is 3.96. The zero-order valence-electron chi connectivity index (χ0n) is 15.5. The number of benzene rings is 2. The molecule has 0 aliphatic carbocycles. The van der Waals surface area contributed by atoms with Crippen molar-refractivity contribution >= 4 is 23.8 Å². The summed E-state index contributed by atoms with van der Waals surface area (Å²) in [6, 6.07) is 19.5. The van der Waals surface area contributed by atoms with Crippen LogP contribution in [0.3, 0.4) is 0 Å². The predicted molar refractivity (Wildman–Crippen MR) is 109 cm³/mol. The van der Waals surface area contributed by atoms with E-state index in [9.17, 15) is 4.79 Å². The average Bonchev–Trinajstić information content (AvgIpc) is 2.68. The van der Waals surface area contributed by atoms with Crippen molar-refractivity contribution in [2.75, 3.05) is 19.0 Å². The molecule has 1 N–H and O–H groups in total. The fraction of sp³-hybridized carbons (Fsp3) is 0.130. The monoisotopic (exact) mass is 359 g/mol. The van der Waals surface area contributed by atoms with Crippen LogP contribution in [0.5, 0.6) is 0 Å². The van der Waals surface area contributed by atoms with Gasteiger partial charge < -0.3 is 10.0 Å². The van der Waals surface area contributed by atoms with Gasteiger partial charge in [-0.1, -0.05) is 36.4 Å². The molecule has 0 saturated heterocycles. The molecule has 27 heavy (non-hydrogen) atoms. The lowest BCUT2D eigenvalue weighted by molar-refractivity contribution is -0.688. The molecule has 0 unspecified atom stereocenters. The highest BCUT2D eigenvalue weighted by Crippen LogP contribution is 2.14. The lowest BCUT2D eigenvalue weighted by atomic mass is 10.1. The van der Waals surface area contributed by atoms with Crippen LogP contribution in [0.1, 0.15) is 27.0 Å². The molecule has 4 nitrogen and oxygen atoms in total. The Bertz CT molecular complexity index is 926. The van der Waals surface area contributed by atoms with Crippen molar-refractivity contribution in [3.05, 3.63) is 95.3 Å². The first-order chi connectivity index (χ1) is 13.0. The molecular formula is C23H23N2O2+. The van der Waals surface area contributed by atoms with E-state index in [4.69, 9.17) is 5.11 Å². The molecule has 0 amide bonds. The fourth-order valence-corrected chi connectivity index (χ4v) is 2.72. The number of hydrogen-bond donors (Lipinski definition) is 1. The van der Waals surface area contributed by atoms with E-state index in [1.165, 1.54) is 5.69 Å². The first-order valence-electron chi connectivity index (χ1n) is 8.78. The number of rotatable bonds is 6. The topological polar surface area (TPSA) is 44.4 Å². The molecular weight excluding hydrogens is 336 g/mol. The Balaban J connectivity index is 1.63. The number of anilines is 1. The SMILES string of the molecule is CN(C)c1ccc(/C=C\c2cc[n+](Cc3ccc(C(=O)O)cc3)cc2)cc1. The van der Waals surface area contributed by atoms with Gasteiger partial charge in [0.05, 0.1) is 5.56 Å². The Morgan fingerprint density at radius 1 is 0.889 bits per heavy atom. The van der Waals surface area contributed by atoms with E-state index in [2.05, 4.69) is 58.0 Å². The molecule has 3 aromatic rings. The second kappa shape index (κ2) is 8.32. The summed E-state index contributed by atoms with van der Waals surface area (Å²) in [6.07, 6.45) is 8.25. The van der Waals surface area contributed by atoms with E-state index in [1.807, 2.05) is 38.6 Å². The van der Waals surface area contributed by atoms with Crippen LogP contribution in [0.4, 0.5) is 5.69 Å². The first-order valence-corrected chi connectivity index (χ1v) is 8.78. The minimum Gasteiger partial charge on any atom is -0.478 e. The minimum absolute atomic E-state index is 0.308. The maximum atomic E-state index is 10.9. The van der Waals surface area contributed by atoms with E-state index in [1.54, 1.807) is 12.1 Å². The smallest absolute Gasteiger partial charge is 0.335 e. The molecule has 0 radical (unpaired) electrons. The number of carbonyl (C=O) groups is 1. The van der Waals surface area contributed by atoms with Gasteiger partial charge in [0.25, 0.3) is 0 Å². The first kappa shape index (κ1) is 18.4. The zero-order valence-corrected chi connectivity index (χ0v) is 15.5. The maximum Gasteiger partial charge on any atom is 0.335 e. The van der Waals surface area contributed by atoms with Crippen LogP contribution >= 0.6 is 0 Å². The van der Waals surface area contributed by atoms with Crippen LogP contribution in [-0.2, 0) is 6.54 Å². The van der Waals surface area contributed by atoms with Crippen molar-refractivity contribution in [2.45, 2.75) is 6.54 Å². The fourth-order valence-electron chi connectivity index (χ4n) is 2.72. The summed E-state index contributed by atoms with van der Waals surface area (Å²) >= 11 is 0. The molecule has 1 aromatic heterocycles. The van der Waals surface area contributed by atoms with Crippen LogP contribution in [0.15, 0.2) is 73.1 Å². The van der Waals surface area contributed by atoms with Crippen LogP contribution in [0, 0.1) is 0 Å². The number of pyridine rings is 1. The molecule has 3 rings (SSSR count). The highest BCUT2D eigenvalue weighted by molar-refractivity contribution is 5.87. The summed E-state index contributed by atoms with van der Waals surface area (Å²) in [5.74, 6) is -0.901. The van der Waals surface area contributed by atoms with E-state index in [0.717, 1.165) is 16.7 Å². The summed E-state index contributed by atoms with van der Waals surface area (Å²) < 4.78 is 2.07. The number of hydrogen-bond acceptors (Lipinski definition) is 2. The molecule has 2 aromatic carbocycles. The zero-order chi connectivity index (χ0) is 19.2. The van der Waals surface area contributed by atoms with Gasteiger partial charge in [-0.3, -0.25) is 0 Å². The normalized spacial score (nSPS) is 10.9. The second-order valence-electron chi connectivity index (χ2n) is 6.63. The third kappa shape index (κ3) is 5.05.